The number of hydrogen-bond acceptors (Lipinski definition) is 3. The highest BCUT2D eigenvalue weighted by Gasteiger charge is 2.32. The molecule has 0 bridgehead atoms. The second-order valence-corrected chi connectivity index (χ2v) is 5.90. The van der Waals surface area contributed by atoms with E-state index >= 15 is 0 Å². The number of nitrogens with zero attached hydrogens (tertiary/aromatic N) is 1. The lowest BCUT2D eigenvalue weighted by Crippen LogP contribution is -2.51. The lowest BCUT2D eigenvalue weighted by Gasteiger charge is -2.37. The topological polar surface area (TPSA) is 41.6 Å². The number of amides is 1. The first-order valence-electron chi connectivity index (χ1n) is 8.09. The third-order valence-corrected chi connectivity index (χ3v) is 4.55. The highest BCUT2D eigenvalue weighted by atomic mass is 16.5. The van der Waals surface area contributed by atoms with Crippen LogP contribution in [0.4, 0.5) is 5.69 Å². The molecule has 1 aliphatic heterocycles. The van der Waals surface area contributed by atoms with Crippen LogP contribution >= 0.6 is 0 Å². The molecule has 1 aromatic carbocycles. The molecule has 2 aliphatic rings. The molecule has 4 nitrogen and oxygen atoms in total. The van der Waals surface area contributed by atoms with Crippen molar-refractivity contribution in [3.8, 4) is 5.75 Å². The number of anilines is 1. The van der Waals surface area contributed by atoms with E-state index in [1.54, 1.807) is 0 Å². The van der Waals surface area contributed by atoms with Crippen molar-refractivity contribution in [1.29, 1.82) is 0 Å². The molecule has 0 aromatic heterocycles. The van der Waals surface area contributed by atoms with E-state index in [4.69, 9.17) is 4.74 Å². The highest BCUT2D eigenvalue weighted by molar-refractivity contribution is 5.83. The predicted octanol–water partition coefficient (Wildman–Crippen LogP) is 3.04. The third kappa shape index (κ3) is 2.99. The summed E-state index contributed by atoms with van der Waals surface area (Å²) in [5, 5.41) is 3.30. The zero-order chi connectivity index (χ0) is 14.7. The van der Waals surface area contributed by atoms with Crippen LogP contribution in [0.3, 0.4) is 0 Å². The first-order valence-corrected chi connectivity index (χ1v) is 8.09. The molecule has 1 N–H and O–H groups in total. The van der Waals surface area contributed by atoms with Gasteiger partial charge in [0, 0.05) is 12.6 Å². The Morgan fingerprint density at radius 3 is 2.81 bits per heavy atom. The van der Waals surface area contributed by atoms with E-state index in [2.05, 4.69) is 12.2 Å². The maximum Gasteiger partial charge on any atom is 0.265 e. The summed E-state index contributed by atoms with van der Waals surface area (Å²) in [4.78, 5) is 14.8. The molecule has 1 amide bonds. The van der Waals surface area contributed by atoms with Gasteiger partial charge in [-0.25, -0.2) is 0 Å². The fourth-order valence-electron chi connectivity index (χ4n) is 3.42. The second kappa shape index (κ2) is 6.37. The van der Waals surface area contributed by atoms with E-state index in [0.29, 0.717) is 12.6 Å². The smallest absolute Gasteiger partial charge is 0.265 e. The molecular formula is C17H24N2O2. The quantitative estimate of drug-likeness (QED) is 0.929. The molecule has 21 heavy (non-hydrogen) atoms. The van der Waals surface area contributed by atoms with Gasteiger partial charge in [0.1, 0.15) is 5.75 Å². The van der Waals surface area contributed by atoms with Crippen LogP contribution < -0.4 is 10.1 Å². The standard InChI is InChI=1S/C17H24N2O2/c1-2-19(13-8-4-3-5-9-13)17(20)16-12-18-14-10-6-7-11-15(14)21-16/h6-7,10-11,13,16,18H,2-5,8-9,12H2,1H3. The summed E-state index contributed by atoms with van der Waals surface area (Å²) < 4.78 is 5.91. The van der Waals surface area contributed by atoms with Crippen LogP contribution in [0.5, 0.6) is 5.75 Å². The number of rotatable bonds is 3. The van der Waals surface area contributed by atoms with Gasteiger partial charge in [-0.1, -0.05) is 31.4 Å². The lowest BCUT2D eigenvalue weighted by molar-refractivity contribution is -0.141. The van der Waals surface area contributed by atoms with E-state index < -0.39 is 6.10 Å². The molecular weight excluding hydrogens is 264 g/mol. The third-order valence-electron chi connectivity index (χ3n) is 4.55. The maximum absolute atomic E-state index is 12.8. The summed E-state index contributed by atoms with van der Waals surface area (Å²) in [6, 6.07) is 8.20. The van der Waals surface area contributed by atoms with Gasteiger partial charge in [-0.3, -0.25) is 4.79 Å². The van der Waals surface area contributed by atoms with Crippen LogP contribution in [0.1, 0.15) is 39.0 Å². The van der Waals surface area contributed by atoms with Gasteiger partial charge in [-0.2, -0.15) is 0 Å². The van der Waals surface area contributed by atoms with Crippen LogP contribution in [0.15, 0.2) is 24.3 Å². The van der Waals surface area contributed by atoms with Crippen LogP contribution in [0.2, 0.25) is 0 Å². The molecule has 1 aromatic rings. The Bertz CT molecular complexity index is 497. The molecule has 1 aliphatic carbocycles. The Labute approximate surface area is 126 Å². The second-order valence-electron chi connectivity index (χ2n) is 5.90. The number of benzene rings is 1. The molecule has 114 valence electrons. The summed E-state index contributed by atoms with van der Waals surface area (Å²) >= 11 is 0. The first-order chi connectivity index (χ1) is 10.3. The van der Waals surface area contributed by atoms with Crippen molar-refractivity contribution in [2.24, 2.45) is 0 Å². The average Bonchev–Trinajstić information content (AvgIpc) is 2.56. The minimum Gasteiger partial charge on any atom is -0.477 e. The summed E-state index contributed by atoms with van der Waals surface area (Å²) in [7, 11) is 0. The molecule has 1 unspecified atom stereocenters. The van der Waals surface area contributed by atoms with Crippen LogP contribution in [0.25, 0.3) is 0 Å². The van der Waals surface area contributed by atoms with Crippen molar-refractivity contribution in [3.05, 3.63) is 24.3 Å². The van der Waals surface area contributed by atoms with Crippen LogP contribution in [-0.2, 0) is 4.79 Å². The molecule has 0 spiro atoms. The van der Waals surface area contributed by atoms with E-state index in [-0.39, 0.29) is 5.91 Å². The van der Waals surface area contributed by atoms with Gasteiger partial charge < -0.3 is 15.0 Å². The van der Waals surface area contributed by atoms with Gasteiger partial charge in [-0.05, 0) is 31.9 Å². The molecule has 4 heteroatoms. The van der Waals surface area contributed by atoms with Gasteiger partial charge in [0.25, 0.3) is 5.91 Å². The average molecular weight is 288 g/mol. The number of nitrogens with one attached hydrogen (secondary N) is 1. The van der Waals surface area contributed by atoms with Gasteiger partial charge >= 0.3 is 0 Å². The van der Waals surface area contributed by atoms with Crippen LogP contribution in [0, 0.1) is 0 Å². The Kier molecular flexibility index (Phi) is 4.32. The Morgan fingerprint density at radius 1 is 1.29 bits per heavy atom. The monoisotopic (exact) mass is 288 g/mol. The van der Waals surface area contributed by atoms with Crippen molar-refractivity contribution < 1.29 is 9.53 Å². The minimum atomic E-state index is -0.401. The largest absolute Gasteiger partial charge is 0.477 e. The Balaban J connectivity index is 1.69. The summed E-state index contributed by atoms with van der Waals surface area (Å²) in [6.45, 7) is 3.39. The highest BCUT2D eigenvalue weighted by Crippen LogP contribution is 2.30. The summed E-state index contributed by atoms with van der Waals surface area (Å²) in [5.41, 5.74) is 0.974. The van der Waals surface area contributed by atoms with E-state index in [1.807, 2.05) is 29.2 Å². The van der Waals surface area contributed by atoms with Crippen molar-refractivity contribution in [1.82, 2.24) is 4.90 Å². The summed E-state index contributed by atoms with van der Waals surface area (Å²) in [5.74, 6) is 0.910. The summed E-state index contributed by atoms with van der Waals surface area (Å²) in [6.07, 6.45) is 5.65. The Hall–Kier alpha value is -1.71. The number of likely N-dealkylation sites (N-methyl/N-ethyl adjacent to an activating group) is 1. The number of para-hydroxylation sites is 2. The Morgan fingerprint density at radius 2 is 2.05 bits per heavy atom. The zero-order valence-corrected chi connectivity index (χ0v) is 12.7. The van der Waals surface area contributed by atoms with Crippen molar-refractivity contribution in [3.63, 3.8) is 0 Å². The number of ether oxygens (including phenoxy) is 1. The number of fused-ring (bicyclic) bond motifs is 1. The molecule has 3 rings (SSSR count). The van der Waals surface area contributed by atoms with Gasteiger partial charge in [-0.15, -0.1) is 0 Å². The molecule has 1 saturated carbocycles. The number of carbonyl (C=O) groups excluding carboxylic acids is 1. The number of hydrogen-bond donors (Lipinski definition) is 1. The minimum absolute atomic E-state index is 0.131. The van der Waals surface area contributed by atoms with E-state index in [0.717, 1.165) is 30.8 Å². The SMILES string of the molecule is CCN(C(=O)C1CNc2ccccc2O1)C1CCCCC1. The zero-order valence-electron chi connectivity index (χ0n) is 12.7. The lowest BCUT2D eigenvalue weighted by atomic mass is 9.94. The van der Waals surface area contributed by atoms with Gasteiger partial charge in [0.05, 0.1) is 12.2 Å². The van der Waals surface area contributed by atoms with Crippen LogP contribution in [-0.4, -0.2) is 36.0 Å². The normalized spacial score (nSPS) is 21.9. The van der Waals surface area contributed by atoms with E-state index in [9.17, 15) is 4.79 Å². The fraction of sp³-hybridized carbons (Fsp3) is 0.588. The van der Waals surface area contributed by atoms with E-state index in [1.165, 1.54) is 19.3 Å². The fourth-order valence-corrected chi connectivity index (χ4v) is 3.42. The molecule has 1 fully saturated rings. The molecule has 1 heterocycles. The molecule has 0 saturated heterocycles. The number of carbonyl (C=O) groups is 1. The van der Waals surface area contributed by atoms with Crippen molar-refractivity contribution in [2.45, 2.75) is 51.2 Å². The predicted molar refractivity (Wildman–Crippen MR) is 83.6 cm³/mol. The van der Waals surface area contributed by atoms with Crippen molar-refractivity contribution in [2.75, 3.05) is 18.4 Å². The van der Waals surface area contributed by atoms with Crippen molar-refractivity contribution >= 4 is 11.6 Å². The van der Waals surface area contributed by atoms with Gasteiger partial charge in [0.15, 0.2) is 6.10 Å². The molecule has 0 radical (unpaired) electrons. The first kappa shape index (κ1) is 14.2. The molecule has 1 atom stereocenters. The van der Waals surface area contributed by atoms with Gasteiger partial charge in [0.2, 0.25) is 0 Å². The maximum atomic E-state index is 12.8.